The molecule has 0 spiro atoms. The number of carboxylic acids is 1. The van der Waals surface area contributed by atoms with Gasteiger partial charge in [0.25, 0.3) is 0 Å². The van der Waals surface area contributed by atoms with E-state index in [0.717, 1.165) is 32.1 Å². The fourth-order valence-electron chi connectivity index (χ4n) is 5.93. The summed E-state index contributed by atoms with van der Waals surface area (Å²) in [5, 5.41) is 9.89. The average Bonchev–Trinajstić information content (AvgIpc) is 2.97. The molecule has 42 heavy (non-hydrogen) atoms. The number of carbonyl (C=O) groups excluding carboxylic acids is 2. The molecule has 1 unspecified atom stereocenters. The van der Waals surface area contributed by atoms with Crippen LogP contribution in [-0.4, -0.2) is 23.0 Å². The number of unbranched alkanes of at least 4 members (excludes halogenated alkanes) is 25. The monoisotopic (exact) mass is 595 g/mol. The number of hydrogen-bond donors (Lipinski definition) is 1. The van der Waals surface area contributed by atoms with Gasteiger partial charge in [-0.05, 0) is 19.3 Å². The molecule has 1 N–H and O–H groups in total. The molecule has 5 nitrogen and oxygen atoms in total. The van der Waals surface area contributed by atoms with Gasteiger partial charge in [0.15, 0.2) is 5.41 Å². The lowest BCUT2D eigenvalue weighted by Crippen LogP contribution is -2.41. The molecule has 0 bridgehead atoms. The summed E-state index contributed by atoms with van der Waals surface area (Å²) >= 11 is 0. The quantitative estimate of drug-likeness (QED) is 0.0476. The van der Waals surface area contributed by atoms with Crippen molar-refractivity contribution in [1.29, 1.82) is 0 Å². The molecule has 0 amide bonds. The molecule has 1 atom stereocenters. The van der Waals surface area contributed by atoms with Gasteiger partial charge in [-0.2, -0.15) is 0 Å². The topological polar surface area (TPSA) is 80.7 Å². The highest BCUT2D eigenvalue weighted by Gasteiger charge is 2.46. The van der Waals surface area contributed by atoms with Crippen molar-refractivity contribution in [2.75, 3.05) is 0 Å². The summed E-state index contributed by atoms with van der Waals surface area (Å²) in [4.78, 5) is 37.2. The van der Waals surface area contributed by atoms with Gasteiger partial charge in [-0.1, -0.05) is 188 Å². The Morgan fingerprint density at radius 1 is 0.476 bits per heavy atom. The lowest BCUT2D eigenvalue weighted by molar-refractivity contribution is -0.175. The third-order valence-electron chi connectivity index (χ3n) is 9.05. The van der Waals surface area contributed by atoms with E-state index in [-0.39, 0.29) is 19.3 Å². The van der Waals surface area contributed by atoms with Crippen LogP contribution in [0.4, 0.5) is 0 Å². The number of rotatable bonds is 32. The molecule has 5 heteroatoms. The molecular formula is C37H70O5. The Balaban J connectivity index is 3.96. The zero-order valence-electron chi connectivity index (χ0n) is 28.3. The second-order valence-corrected chi connectivity index (χ2v) is 12.8. The van der Waals surface area contributed by atoms with Gasteiger partial charge < -0.3 is 9.84 Å². The molecule has 0 saturated heterocycles. The Morgan fingerprint density at radius 3 is 1.10 bits per heavy atom. The van der Waals surface area contributed by atoms with Crippen LogP contribution in [0.15, 0.2) is 0 Å². The van der Waals surface area contributed by atoms with E-state index in [1.54, 1.807) is 6.92 Å². The van der Waals surface area contributed by atoms with Crippen molar-refractivity contribution in [2.24, 2.45) is 5.41 Å². The van der Waals surface area contributed by atoms with Crippen molar-refractivity contribution < 1.29 is 24.2 Å². The first kappa shape index (κ1) is 40.6. The standard InChI is InChI=1S/C37H70O5/c1-4-7-9-11-13-15-17-19-20-22-24-26-28-30-32-34(38)42-36(41)37(6-3,35(39)40)33-31-29-27-25-23-21-18-16-14-12-10-8-5-2/h4-33H2,1-3H3,(H,39,40). The molecule has 0 radical (unpaired) electrons. The molecule has 0 aliphatic carbocycles. The highest BCUT2D eigenvalue weighted by atomic mass is 16.6. The van der Waals surface area contributed by atoms with Crippen molar-refractivity contribution in [2.45, 2.75) is 213 Å². The van der Waals surface area contributed by atoms with Crippen molar-refractivity contribution in [1.82, 2.24) is 0 Å². The fourth-order valence-corrected chi connectivity index (χ4v) is 5.93. The van der Waals surface area contributed by atoms with E-state index >= 15 is 0 Å². The number of carboxylic acid groups (broad SMARTS) is 1. The molecule has 0 aromatic carbocycles. The first-order valence-corrected chi connectivity index (χ1v) is 18.4. The molecule has 0 fully saturated rings. The van der Waals surface area contributed by atoms with Crippen LogP contribution in [0.25, 0.3) is 0 Å². The van der Waals surface area contributed by atoms with E-state index in [1.807, 2.05) is 0 Å². The van der Waals surface area contributed by atoms with Crippen molar-refractivity contribution in [3.05, 3.63) is 0 Å². The van der Waals surface area contributed by atoms with Crippen molar-refractivity contribution >= 4 is 17.9 Å². The fraction of sp³-hybridized carbons (Fsp3) is 0.919. The molecule has 0 aromatic heterocycles. The van der Waals surface area contributed by atoms with Gasteiger partial charge in [-0.3, -0.25) is 14.4 Å². The first-order chi connectivity index (χ1) is 20.4. The SMILES string of the molecule is CCCCCCCCCCCCCCCCC(=O)OC(=O)C(CC)(CCCCCCCCCCCCCCC)C(=O)O. The summed E-state index contributed by atoms with van der Waals surface area (Å²) < 4.78 is 5.09. The number of carbonyl (C=O) groups is 3. The van der Waals surface area contributed by atoms with Crippen LogP contribution < -0.4 is 0 Å². The first-order valence-electron chi connectivity index (χ1n) is 18.4. The van der Waals surface area contributed by atoms with Crippen LogP contribution >= 0.6 is 0 Å². The second-order valence-electron chi connectivity index (χ2n) is 12.8. The summed E-state index contributed by atoms with van der Waals surface area (Å²) in [6, 6.07) is 0. The van der Waals surface area contributed by atoms with Gasteiger partial charge in [0, 0.05) is 6.42 Å². The highest BCUT2D eigenvalue weighted by molar-refractivity contribution is 6.02. The molecule has 0 aliphatic rings. The van der Waals surface area contributed by atoms with Crippen LogP contribution in [0.2, 0.25) is 0 Å². The predicted octanol–water partition coefficient (Wildman–Crippen LogP) is 11.9. The number of ether oxygens (including phenoxy) is 1. The van der Waals surface area contributed by atoms with E-state index in [4.69, 9.17) is 4.74 Å². The number of hydrogen-bond acceptors (Lipinski definition) is 4. The van der Waals surface area contributed by atoms with E-state index in [0.29, 0.717) is 12.8 Å². The Labute approximate surface area is 260 Å². The summed E-state index contributed by atoms with van der Waals surface area (Å²) in [7, 11) is 0. The Morgan fingerprint density at radius 2 is 0.786 bits per heavy atom. The maximum Gasteiger partial charge on any atom is 0.331 e. The van der Waals surface area contributed by atoms with Crippen LogP contribution in [0.3, 0.4) is 0 Å². The number of aliphatic carboxylic acids is 1. The normalized spacial score (nSPS) is 12.7. The molecule has 0 aliphatic heterocycles. The molecule has 248 valence electrons. The molecular weight excluding hydrogens is 524 g/mol. The maximum absolute atomic E-state index is 12.8. The van der Waals surface area contributed by atoms with Gasteiger partial charge in [-0.25, -0.2) is 0 Å². The Hall–Kier alpha value is -1.39. The lowest BCUT2D eigenvalue weighted by Gasteiger charge is -2.25. The second kappa shape index (κ2) is 29.7. The summed E-state index contributed by atoms with van der Waals surface area (Å²) in [5.74, 6) is -2.62. The maximum atomic E-state index is 12.8. The van der Waals surface area contributed by atoms with Gasteiger partial charge >= 0.3 is 17.9 Å². The molecule has 0 saturated carbocycles. The highest BCUT2D eigenvalue weighted by Crippen LogP contribution is 2.32. The largest absolute Gasteiger partial charge is 0.480 e. The molecule has 0 rings (SSSR count). The van der Waals surface area contributed by atoms with Gasteiger partial charge in [0.1, 0.15) is 0 Å². The van der Waals surface area contributed by atoms with Crippen LogP contribution in [-0.2, 0) is 19.1 Å². The molecule has 0 heterocycles. The lowest BCUT2D eigenvalue weighted by atomic mass is 9.80. The van der Waals surface area contributed by atoms with Crippen molar-refractivity contribution in [3.8, 4) is 0 Å². The smallest absolute Gasteiger partial charge is 0.331 e. The van der Waals surface area contributed by atoms with E-state index < -0.39 is 23.3 Å². The summed E-state index contributed by atoms with van der Waals surface area (Å²) in [6.07, 6.45) is 33.5. The van der Waals surface area contributed by atoms with Gasteiger partial charge in [0.2, 0.25) is 0 Å². The van der Waals surface area contributed by atoms with Gasteiger partial charge in [0.05, 0.1) is 0 Å². The zero-order valence-corrected chi connectivity index (χ0v) is 28.3. The minimum atomic E-state index is -1.61. The third kappa shape index (κ3) is 22.2. The third-order valence-corrected chi connectivity index (χ3v) is 9.05. The number of esters is 2. The minimum absolute atomic E-state index is 0.144. The Bertz CT molecular complexity index is 646. The van der Waals surface area contributed by atoms with Crippen molar-refractivity contribution in [3.63, 3.8) is 0 Å². The zero-order chi connectivity index (χ0) is 31.2. The van der Waals surface area contributed by atoms with E-state index in [9.17, 15) is 19.5 Å². The molecule has 0 aromatic rings. The summed E-state index contributed by atoms with van der Waals surface area (Å²) in [5.41, 5.74) is -1.61. The average molecular weight is 595 g/mol. The van der Waals surface area contributed by atoms with Crippen LogP contribution in [0.5, 0.6) is 0 Å². The van der Waals surface area contributed by atoms with E-state index in [2.05, 4.69) is 13.8 Å². The van der Waals surface area contributed by atoms with Crippen LogP contribution in [0, 0.1) is 5.41 Å². The van der Waals surface area contributed by atoms with E-state index in [1.165, 1.54) is 128 Å². The predicted molar refractivity (Wildman–Crippen MR) is 177 cm³/mol. The van der Waals surface area contributed by atoms with Crippen LogP contribution in [0.1, 0.15) is 213 Å². The Kier molecular flexibility index (Phi) is 28.7. The minimum Gasteiger partial charge on any atom is -0.480 e. The van der Waals surface area contributed by atoms with Gasteiger partial charge in [-0.15, -0.1) is 0 Å². The summed E-state index contributed by atoms with van der Waals surface area (Å²) in [6.45, 7) is 6.21.